The zero-order chi connectivity index (χ0) is 26.6. The van der Waals surface area contributed by atoms with Crippen LogP contribution in [0.25, 0.3) is 0 Å². The van der Waals surface area contributed by atoms with Gasteiger partial charge in [0.25, 0.3) is 0 Å². The van der Waals surface area contributed by atoms with E-state index in [1.807, 2.05) is 6.26 Å². The molecule has 1 aromatic carbocycles. The van der Waals surface area contributed by atoms with E-state index in [1.165, 1.54) is 49.7 Å². The highest BCUT2D eigenvalue weighted by atomic mass is 16.3. The molecule has 1 saturated carbocycles. The van der Waals surface area contributed by atoms with Crippen molar-refractivity contribution in [3.63, 3.8) is 0 Å². The summed E-state index contributed by atoms with van der Waals surface area (Å²) in [5, 5.41) is 0. The van der Waals surface area contributed by atoms with Gasteiger partial charge in [0, 0.05) is 55.7 Å². The summed E-state index contributed by atoms with van der Waals surface area (Å²) in [6, 6.07) is 10.9. The van der Waals surface area contributed by atoms with E-state index in [9.17, 15) is 4.79 Å². The van der Waals surface area contributed by atoms with Gasteiger partial charge in [-0.15, -0.1) is 0 Å². The van der Waals surface area contributed by atoms with E-state index in [4.69, 9.17) is 4.42 Å². The molecule has 1 aromatic heterocycles. The van der Waals surface area contributed by atoms with Gasteiger partial charge in [0.1, 0.15) is 0 Å². The molecule has 1 aliphatic carbocycles. The Bertz CT molecular complexity index is 1020. The van der Waals surface area contributed by atoms with Crippen LogP contribution in [0.3, 0.4) is 0 Å². The largest absolute Gasteiger partial charge is 0.472 e. The summed E-state index contributed by atoms with van der Waals surface area (Å²) in [4.78, 5) is 18.8. The van der Waals surface area contributed by atoms with Crippen molar-refractivity contribution in [2.24, 2.45) is 11.8 Å². The summed E-state index contributed by atoms with van der Waals surface area (Å²) < 4.78 is 5.27. The van der Waals surface area contributed by atoms with E-state index in [0.717, 1.165) is 69.6 Å². The second-order valence-electron chi connectivity index (χ2n) is 11.6. The van der Waals surface area contributed by atoms with Gasteiger partial charge in [0.2, 0.25) is 5.91 Å². The van der Waals surface area contributed by atoms with Crippen LogP contribution >= 0.6 is 0 Å². The van der Waals surface area contributed by atoms with Gasteiger partial charge in [-0.3, -0.25) is 9.69 Å². The third-order valence-corrected chi connectivity index (χ3v) is 8.57. The maximum atomic E-state index is 14.1. The van der Waals surface area contributed by atoms with E-state index < -0.39 is 0 Å². The number of amides is 1. The zero-order valence-electron chi connectivity index (χ0n) is 23.8. The van der Waals surface area contributed by atoms with Gasteiger partial charge < -0.3 is 9.32 Å². The third kappa shape index (κ3) is 8.50. The summed E-state index contributed by atoms with van der Waals surface area (Å²) in [5.74, 6) is 8.00. The highest BCUT2D eigenvalue weighted by Gasteiger charge is 2.34. The first-order valence-electron chi connectivity index (χ1n) is 15.3. The summed E-state index contributed by atoms with van der Waals surface area (Å²) in [6.07, 6.45) is 17.6. The number of carbonyl (C=O) groups is 1. The van der Waals surface area contributed by atoms with Gasteiger partial charge in [-0.1, -0.05) is 63.5 Å². The molecule has 2 heterocycles. The maximum Gasteiger partial charge on any atom is 0.226 e. The minimum atomic E-state index is 0.189. The molecule has 0 radical (unpaired) electrons. The average molecular weight is 517 g/mol. The maximum absolute atomic E-state index is 14.1. The molecule has 0 bridgehead atoms. The lowest BCUT2D eigenvalue weighted by Crippen LogP contribution is -2.49. The first-order valence-corrected chi connectivity index (χ1v) is 15.3. The van der Waals surface area contributed by atoms with Crippen LogP contribution in [0.1, 0.15) is 108 Å². The van der Waals surface area contributed by atoms with Crippen molar-refractivity contribution in [2.45, 2.75) is 110 Å². The van der Waals surface area contributed by atoms with Crippen molar-refractivity contribution >= 4 is 5.91 Å². The molecule has 4 rings (SSSR count). The van der Waals surface area contributed by atoms with Gasteiger partial charge in [0.15, 0.2) is 0 Å². The SMILES string of the molecule is CCCC#Cc1cccc(CN(C(=O)C2CCC(CCCCC)CC2)C2CCN(Cc3ccoc3)CC2)c1. The fourth-order valence-electron chi connectivity index (χ4n) is 6.27. The van der Waals surface area contributed by atoms with Crippen molar-refractivity contribution < 1.29 is 9.21 Å². The Morgan fingerprint density at radius 3 is 2.53 bits per heavy atom. The summed E-state index contributed by atoms with van der Waals surface area (Å²) in [5.41, 5.74) is 3.50. The van der Waals surface area contributed by atoms with E-state index in [-0.39, 0.29) is 5.92 Å². The van der Waals surface area contributed by atoms with Crippen LogP contribution in [0, 0.1) is 23.7 Å². The van der Waals surface area contributed by atoms with Gasteiger partial charge in [-0.05, 0) is 74.6 Å². The Morgan fingerprint density at radius 1 is 1.00 bits per heavy atom. The van der Waals surface area contributed by atoms with Crippen LogP contribution in [0.2, 0.25) is 0 Å². The first-order chi connectivity index (χ1) is 18.7. The lowest BCUT2D eigenvalue weighted by Gasteiger charge is -2.41. The van der Waals surface area contributed by atoms with Crippen molar-refractivity contribution in [2.75, 3.05) is 13.1 Å². The molecule has 0 N–H and O–H groups in total. The molecule has 1 aliphatic heterocycles. The van der Waals surface area contributed by atoms with E-state index >= 15 is 0 Å². The summed E-state index contributed by atoms with van der Waals surface area (Å²) in [7, 11) is 0. The highest BCUT2D eigenvalue weighted by Crippen LogP contribution is 2.34. The Balaban J connectivity index is 1.41. The molecule has 1 saturated heterocycles. The molecular formula is C34H48N2O2. The Morgan fingerprint density at radius 2 is 1.82 bits per heavy atom. The minimum Gasteiger partial charge on any atom is -0.472 e. The lowest BCUT2D eigenvalue weighted by atomic mass is 9.79. The van der Waals surface area contributed by atoms with E-state index in [2.05, 4.69) is 65.8 Å². The van der Waals surface area contributed by atoms with Crippen LogP contribution in [0.5, 0.6) is 0 Å². The highest BCUT2D eigenvalue weighted by molar-refractivity contribution is 5.79. The molecule has 0 atom stereocenters. The first kappa shape index (κ1) is 28.5. The van der Waals surface area contributed by atoms with Crippen molar-refractivity contribution in [1.29, 1.82) is 0 Å². The van der Waals surface area contributed by atoms with Crippen LogP contribution in [-0.2, 0) is 17.9 Å². The molecule has 2 aliphatic rings. The zero-order valence-corrected chi connectivity index (χ0v) is 23.8. The van der Waals surface area contributed by atoms with Gasteiger partial charge in [-0.25, -0.2) is 0 Å². The summed E-state index contributed by atoms with van der Waals surface area (Å²) in [6.45, 7) is 8.11. The van der Waals surface area contributed by atoms with Crippen LogP contribution in [0.4, 0.5) is 0 Å². The molecule has 206 valence electrons. The number of furan rings is 1. The molecule has 4 heteroatoms. The number of unbranched alkanes of at least 4 members (excludes halogenated alkanes) is 3. The molecule has 1 amide bonds. The standard InChI is InChI=1S/C34H48N2O2/c1-3-5-7-10-28-14-16-32(17-15-28)34(37)36(26-30-13-9-12-29(24-30)11-8-6-4-2)33-18-21-35(22-19-33)25-31-20-23-38-27-31/h9,12-13,20,23-24,27-28,32-33H,3-7,10,14-19,21-22,25-26H2,1-2H3. The quantitative estimate of drug-likeness (QED) is 0.226. The fourth-order valence-corrected chi connectivity index (χ4v) is 6.27. The van der Waals surface area contributed by atoms with Gasteiger partial charge >= 0.3 is 0 Å². The number of carbonyl (C=O) groups excluding carboxylic acids is 1. The topological polar surface area (TPSA) is 36.7 Å². The van der Waals surface area contributed by atoms with Crippen LogP contribution in [0.15, 0.2) is 47.3 Å². The predicted molar refractivity (Wildman–Crippen MR) is 155 cm³/mol. The molecular weight excluding hydrogens is 468 g/mol. The van der Waals surface area contributed by atoms with Crippen molar-refractivity contribution in [1.82, 2.24) is 9.80 Å². The molecule has 4 nitrogen and oxygen atoms in total. The second kappa shape index (κ2) is 15.2. The molecule has 0 unspecified atom stereocenters. The number of likely N-dealkylation sites (tertiary alicyclic amines) is 1. The van der Waals surface area contributed by atoms with Crippen molar-refractivity contribution in [3.05, 3.63) is 59.5 Å². The number of piperidine rings is 1. The summed E-state index contributed by atoms with van der Waals surface area (Å²) >= 11 is 0. The normalized spacial score (nSPS) is 20.6. The number of rotatable bonds is 11. The fraction of sp³-hybridized carbons (Fsp3) is 0.618. The average Bonchev–Trinajstić information content (AvgIpc) is 3.46. The third-order valence-electron chi connectivity index (χ3n) is 8.57. The van der Waals surface area contributed by atoms with Crippen LogP contribution < -0.4 is 0 Å². The number of benzene rings is 1. The number of hydrogen-bond donors (Lipinski definition) is 0. The second-order valence-corrected chi connectivity index (χ2v) is 11.6. The predicted octanol–water partition coefficient (Wildman–Crippen LogP) is 7.81. The number of hydrogen-bond acceptors (Lipinski definition) is 3. The Hall–Kier alpha value is -2.51. The van der Waals surface area contributed by atoms with Crippen molar-refractivity contribution in [3.8, 4) is 11.8 Å². The van der Waals surface area contributed by atoms with Gasteiger partial charge in [0.05, 0.1) is 12.5 Å². The Kier molecular flexibility index (Phi) is 11.4. The lowest BCUT2D eigenvalue weighted by molar-refractivity contribution is -0.141. The number of nitrogens with zero attached hydrogens (tertiary/aromatic N) is 2. The minimum absolute atomic E-state index is 0.189. The molecule has 38 heavy (non-hydrogen) atoms. The monoisotopic (exact) mass is 516 g/mol. The molecule has 2 aromatic rings. The molecule has 0 spiro atoms. The van der Waals surface area contributed by atoms with E-state index in [1.54, 1.807) is 6.26 Å². The van der Waals surface area contributed by atoms with Gasteiger partial charge in [-0.2, -0.15) is 0 Å². The Labute approximate surface area is 231 Å². The smallest absolute Gasteiger partial charge is 0.226 e. The molecule has 2 fully saturated rings. The van der Waals surface area contributed by atoms with E-state index in [0.29, 0.717) is 18.5 Å². The van der Waals surface area contributed by atoms with Crippen LogP contribution in [-0.4, -0.2) is 34.8 Å².